The van der Waals surface area contributed by atoms with Crippen LogP contribution in [0.25, 0.3) is 5.69 Å². The standard InChI is InChI=1S/C21H18FN5O/c1-26(2)16-6-8-17(9-7-16)27-11-3-4-18(27)14-24-25-21(28)19-10-5-15(13-23)12-20(19)22/h3-12,14H,1-2H3,(H,25,28)/b24-14+. The summed E-state index contributed by atoms with van der Waals surface area (Å²) in [6, 6.07) is 17.2. The second kappa shape index (κ2) is 8.18. The molecule has 0 unspecified atom stereocenters. The van der Waals surface area contributed by atoms with Crippen LogP contribution >= 0.6 is 0 Å². The van der Waals surface area contributed by atoms with Crippen molar-refractivity contribution in [3.63, 3.8) is 0 Å². The molecule has 0 atom stereocenters. The zero-order chi connectivity index (χ0) is 20.1. The first-order valence-corrected chi connectivity index (χ1v) is 8.48. The summed E-state index contributed by atoms with van der Waals surface area (Å²) in [6.45, 7) is 0. The molecule has 1 N–H and O–H groups in total. The van der Waals surface area contributed by atoms with Crippen molar-refractivity contribution in [3.05, 3.63) is 83.4 Å². The number of benzene rings is 2. The van der Waals surface area contributed by atoms with Gasteiger partial charge in [0.05, 0.1) is 29.1 Å². The summed E-state index contributed by atoms with van der Waals surface area (Å²) in [6.07, 6.45) is 3.37. The molecule has 1 amide bonds. The number of anilines is 1. The summed E-state index contributed by atoms with van der Waals surface area (Å²) in [5, 5.41) is 12.7. The first-order chi connectivity index (χ1) is 13.5. The van der Waals surface area contributed by atoms with Gasteiger partial charge >= 0.3 is 0 Å². The van der Waals surface area contributed by atoms with E-state index in [9.17, 15) is 9.18 Å². The van der Waals surface area contributed by atoms with Gasteiger partial charge in [0.15, 0.2) is 0 Å². The smallest absolute Gasteiger partial charge is 0.274 e. The Morgan fingerprint density at radius 2 is 1.96 bits per heavy atom. The molecule has 0 aliphatic heterocycles. The summed E-state index contributed by atoms with van der Waals surface area (Å²) in [7, 11) is 3.95. The fraction of sp³-hybridized carbons (Fsp3) is 0.0952. The maximum Gasteiger partial charge on any atom is 0.274 e. The average molecular weight is 375 g/mol. The van der Waals surface area contributed by atoms with Crippen molar-refractivity contribution in [2.75, 3.05) is 19.0 Å². The molecular formula is C21H18FN5O. The molecule has 0 aliphatic carbocycles. The third-order valence-electron chi connectivity index (χ3n) is 4.13. The lowest BCUT2D eigenvalue weighted by Gasteiger charge is -2.13. The van der Waals surface area contributed by atoms with E-state index in [0.29, 0.717) is 0 Å². The Bertz CT molecular complexity index is 1060. The van der Waals surface area contributed by atoms with E-state index >= 15 is 0 Å². The Morgan fingerprint density at radius 3 is 2.61 bits per heavy atom. The van der Waals surface area contributed by atoms with Crippen LogP contribution in [0.4, 0.5) is 10.1 Å². The van der Waals surface area contributed by atoms with E-state index in [1.165, 1.54) is 18.3 Å². The van der Waals surface area contributed by atoms with Gasteiger partial charge in [0.2, 0.25) is 0 Å². The highest BCUT2D eigenvalue weighted by molar-refractivity contribution is 5.95. The summed E-state index contributed by atoms with van der Waals surface area (Å²) < 4.78 is 15.8. The number of amides is 1. The molecule has 0 fully saturated rings. The van der Waals surface area contributed by atoms with Crippen LogP contribution in [0, 0.1) is 17.1 Å². The number of halogens is 1. The van der Waals surface area contributed by atoms with Crippen LogP contribution in [0.5, 0.6) is 0 Å². The zero-order valence-corrected chi connectivity index (χ0v) is 15.4. The maximum atomic E-state index is 13.9. The lowest BCUT2D eigenvalue weighted by molar-refractivity contribution is 0.0951. The molecule has 3 rings (SSSR count). The van der Waals surface area contributed by atoms with Gasteiger partial charge < -0.3 is 9.47 Å². The number of nitrogens with one attached hydrogen (secondary N) is 1. The number of rotatable bonds is 5. The number of hydrazone groups is 1. The van der Waals surface area contributed by atoms with E-state index in [1.807, 2.05) is 72.2 Å². The monoisotopic (exact) mass is 375 g/mol. The molecule has 6 nitrogen and oxygen atoms in total. The summed E-state index contributed by atoms with van der Waals surface area (Å²) in [5.74, 6) is -1.46. The first kappa shape index (κ1) is 18.9. The molecule has 2 aromatic carbocycles. The van der Waals surface area contributed by atoms with Gasteiger partial charge in [0.25, 0.3) is 5.91 Å². The van der Waals surface area contributed by atoms with Gasteiger partial charge in [-0.3, -0.25) is 4.79 Å². The van der Waals surface area contributed by atoms with E-state index in [2.05, 4.69) is 10.5 Å². The summed E-state index contributed by atoms with van der Waals surface area (Å²) in [5.41, 5.74) is 5.06. The molecule has 140 valence electrons. The molecule has 0 aliphatic rings. The quantitative estimate of drug-likeness (QED) is 0.549. The predicted octanol–water partition coefficient (Wildman–Crippen LogP) is 3.32. The predicted molar refractivity (Wildman–Crippen MR) is 106 cm³/mol. The Hall–Kier alpha value is -3.92. The van der Waals surface area contributed by atoms with Crippen molar-refractivity contribution in [3.8, 4) is 11.8 Å². The van der Waals surface area contributed by atoms with Gasteiger partial charge in [-0.25, -0.2) is 9.82 Å². The van der Waals surface area contributed by atoms with Crippen molar-refractivity contribution >= 4 is 17.8 Å². The Kier molecular flexibility index (Phi) is 5.51. The van der Waals surface area contributed by atoms with Crippen LogP contribution in [-0.4, -0.2) is 30.8 Å². The van der Waals surface area contributed by atoms with Crippen LogP contribution in [-0.2, 0) is 0 Å². The van der Waals surface area contributed by atoms with E-state index in [1.54, 1.807) is 0 Å². The molecule has 1 aromatic heterocycles. The number of carbonyl (C=O) groups is 1. The molecule has 0 spiro atoms. The lowest BCUT2D eigenvalue weighted by atomic mass is 10.1. The van der Waals surface area contributed by atoms with Crippen molar-refractivity contribution in [1.29, 1.82) is 5.26 Å². The van der Waals surface area contributed by atoms with Crippen LogP contribution < -0.4 is 10.3 Å². The Balaban J connectivity index is 1.73. The van der Waals surface area contributed by atoms with Gasteiger partial charge in [0.1, 0.15) is 5.82 Å². The minimum atomic E-state index is -0.767. The highest BCUT2D eigenvalue weighted by Gasteiger charge is 2.11. The van der Waals surface area contributed by atoms with Gasteiger partial charge in [-0.1, -0.05) is 0 Å². The van der Waals surface area contributed by atoms with Gasteiger partial charge in [-0.15, -0.1) is 0 Å². The molecule has 7 heteroatoms. The molecule has 28 heavy (non-hydrogen) atoms. The first-order valence-electron chi connectivity index (χ1n) is 8.48. The molecule has 3 aromatic rings. The third kappa shape index (κ3) is 4.07. The number of aromatic nitrogens is 1. The molecule has 0 saturated heterocycles. The van der Waals surface area contributed by atoms with E-state index in [-0.39, 0.29) is 11.1 Å². The van der Waals surface area contributed by atoms with Gasteiger partial charge in [-0.2, -0.15) is 10.4 Å². The van der Waals surface area contributed by atoms with Crippen LogP contribution in [0.15, 0.2) is 65.9 Å². The van der Waals surface area contributed by atoms with Crippen molar-refractivity contribution in [1.82, 2.24) is 9.99 Å². The number of hydrogen-bond acceptors (Lipinski definition) is 4. The normalized spacial score (nSPS) is 10.6. The molecule has 0 radical (unpaired) electrons. The van der Waals surface area contributed by atoms with Crippen LogP contribution in [0.2, 0.25) is 0 Å². The fourth-order valence-corrected chi connectivity index (χ4v) is 2.63. The number of nitrogens with zero attached hydrogens (tertiary/aromatic N) is 4. The summed E-state index contributed by atoms with van der Waals surface area (Å²) >= 11 is 0. The fourth-order valence-electron chi connectivity index (χ4n) is 2.63. The molecular weight excluding hydrogens is 357 g/mol. The second-order valence-electron chi connectivity index (χ2n) is 6.22. The molecule has 0 saturated carbocycles. The SMILES string of the molecule is CN(C)c1ccc(-n2cccc2/C=N/NC(=O)c2ccc(C#N)cc2F)cc1. The molecule has 0 bridgehead atoms. The number of nitriles is 1. The van der Waals surface area contributed by atoms with Crippen molar-refractivity contribution in [2.24, 2.45) is 5.10 Å². The Labute approximate surface area is 162 Å². The Morgan fingerprint density at radius 1 is 1.21 bits per heavy atom. The maximum absolute atomic E-state index is 13.9. The minimum Gasteiger partial charge on any atom is -0.378 e. The van der Waals surface area contributed by atoms with Gasteiger partial charge in [-0.05, 0) is 54.6 Å². The lowest BCUT2D eigenvalue weighted by Crippen LogP contribution is -2.19. The average Bonchev–Trinajstić information content (AvgIpc) is 3.16. The van der Waals surface area contributed by atoms with E-state index in [0.717, 1.165) is 23.1 Å². The minimum absolute atomic E-state index is 0.149. The largest absolute Gasteiger partial charge is 0.378 e. The van der Waals surface area contributed by atoms with Crippen molar-refractivity contribution in [2.45, 2.75) is 0 Å². The highest BCUT2D eigenvalue weighted by atomic mass is 19.1. The third-order valence-corrected chi connectivity index (χ3v) is 4.13. The summed E-state index contributed by atoms with van der Waals surface area (Å²) in [4.78, 5) is 14.1. The molecule has 1 heterocycles. The topological polar surface area (TPSA) is 73.4 Å². The second-order valence-corrected chi connectivity index (χ2v) is 6.22. The highest BCUT2D eigenvalue weighted by Crippen LogP contribution is 2.17. The number of hydrogen-bond donors (Lipinski definition) is 1. The van der Waals surface area contributed by atoms with Crippen LogP contribution in [0.1, 0.15) is 21.6 Å². The van der Waals surface area contributed by atoms with Crippen LogP contribution in [0.3, 0.4) is 0 Å². The van der Waals surface area contributed by atoms with Gasteiger partial charge in [0, 0.05) is 31.7 Å². The van der Waals surface area contributed by atoms with E-state index in [4.69, 9.17) is 5.26 Å². The van der Waals surface area contributed by atoms with E-state index < -0.39 is 11.7 Å². The van der Waals surface area contributed by atoms with Crippen molar-refractivity contribution < 1.29 is 9.18 Å². The zero-order valence-electron chi connectivity index (χ0n) is 15.4. The number of carbonyl (C=O) groups excluding carboxylic acids is 1.